The van der Waals surface area contributed by atoms with Crippen LogP contribution < -0.4 is 20.1 Å². The quantitative estimate of drug-likeness (QED) is 0.260. The van der Waals surface area contributed by atoms with E-state index in [-0.39, 0.29) is 29.8 Å². The van der Waals surface area contributed by atoms with Crippen molar-refractivity contribution in [3.8, 4) is 17.2 Å². The summed E-state index contributed by atoms with van der Waals surface area (Å²) in [7, 11) is 4.94. The minimum atomic E-state index is -0.302. The summed E-state index contributed by atoms with van der Waals surface area (Å²) >= 11 is 0. The first-order valence-corrected chi connectivity index (χ1v) is 9.56. The highest BCUT2D eigenvalue weighted by Gasteiger charge is 2.07. The number of aliphatic imine (C=N–C) groups is 1. The largest absolute Gasteiger partial charge is 0.493 e. The summed E-state index contributed by atoms with van der Waals surface area (Å²) in [6.07, 6.45) is 5.68. The Labute approximate surface area is 198 Å². The maximum atomic E-state index is 14.4. The van der Waals surface area contributed by atoms with Crippen LogP contribution in [0.15, 0.2) is 60.1 Å². The van der Waals surface area contributed by atoms with E-state index in [0.717, 1.165) is 17.5 Å². The summed E-state index contributed by atoms with van der Waals surface area (Å²) in [5.74, 6) is 1.76. The highest BCUT2D eigenvalue weighted by Crippen LogP contribution is 2.27. The van der Waals surface area contributed by atoms with Crippen LogP contribution in [-0.4, -0.2) is 43.3 Å². The van der Waals surface area contributed by atoms with Crippen LogP contribution in [0, 0.1) is 5.82 Å². The third-order valence-corrected chi connectivity index (χ3v) is 4.63. The molecule has 3 rings (SSSR count). The number of imidazole rings is 1. The smallest absolute Gasteiger partial charge is 0.191 e. The van der Waals surface area contributed by atoms with Crippen molar-refractivity contribution in [2.75, 3.05) is 27.8 Å². The molecule has 0 amide bonds. The number of halogens is 2. The van der Waals surface area contributed by atoms with Gasteiger partial charge in [0.1, 0.15) is 5.82 Å². The van der Waals surface area contributed by atoms with Crippen LogP contribution >= 0.6 is 24.0 Å². The lowest BCUT2D eigenvalue weighted by atomic mass is 10.1. The molecule has 0 unspecified atom stereocenters. The number of guanidine groups is 1. The van der Waals surface area contributed by atoms with Crippen LogP contribution in [0.4, 0.5) is 4.39 Å². The van der Waals surface area contributed by atoms with Gasteiger partial charge in [-0.3, -0.25) is 4.99 Å². The lowest BCUT2D eigenvalue weighted by molar-refractivity contribution is 0.354. The molecule has 0 aliphatic heterocycles. The third-order valence-electron chi connectivity index (χ3n) is 4.63. The van der Waals surface area contributed by atoms with Gasteiger partial charge in [0, 0.05) is 32.5 Å². The van der Waals surface area contributed by atoms with Crippen LogP contribution in [0.1, 0.15) is 11.1 Å². The Kier molecular flexibility index (Phi) is 9.57. The minimum Gasteiger partial charge on any atom is -0.493 e. The van der Waals surface area contributed by atoms with Crippen LogP contribution in [0.25, 0.3) is 5.69 Å². The van der Waals surface area contributed by atoms with E-state index in [2.05, 4.69) is 20.6 Å². The van der Waals surface area contributed by atoms with Crippen molar-refractivity contribution in [2.24, 2.45) is 4.99 Å². The number of hydrogen-bond acceptors (Lipinski definition) is 4. The van der Waals surface area contributed by atoms with Gasteiger partial charge in [-0.25, -0.2) is 9.37 Å². The molecule has 0 saturated heterocycles. The Morgan fingerprint density at radius 2 is 1.84 bits per heavy atom. The van der Waals surface area contributed by atoms with E-state index in [1.807, 2.05) is 24.3 Å². The van der Waals surface area contributed by atoms with Crippen LogP contribution in [0.2, 0.25) is 0 Å². The molecular weight excluding hydrogens is 512 g/mol. The summed E-state index contributed by atoms with van der Waals surface area (Å²) in [5.41, 5.74) is 2.40. The molecular formula is C22H27FIN5O2. The van der Waals surface area contributed by atoms with Gasteiger partial charge < -0.3 is 24.7 Å². The molecule has 0 atom stereocenters. The summed E-state index contributed by atoms with van der Waals surface area (Å²) in [4.78, 5) is 8.17. The number of ether oxygens (including phenoxy) is 2. The molecule has 0 fully saturated rings. The number of rotatable bonds is 8. The number of methoxy groups -OCH3 is 2. The predicted octanol–water partition coefficient (Wildman–Crippen LogP) is 3.55. The zero-order valence-electron chi connectivity index (χ0n) is 17.8. The second-order valence-electron chi connectivity index (χ2n) is 6.55. The first-order chi connectivity index (χ1) is 14.6. The van der Waals surface area contributed by atoms with Crippen LogP contribution in [0.3, 0.4) is 0 Å². The molecule has 2 aromatic carbocycles. The Morgan fingerprint density at radius 1 is 1.06 bits per heavy atom. The van der Waals surface area contributed by atoms with Gasteiger partial charge in [0.15, 0.2) is 17.5 Å². The molecule has 7 nitrogen and oxygen atoms in total. The van der Waals surface area contributed by atoms with Gasteiger partial charge in [-0.15, -0.1) is 24.0 Å². The summed E-state index contributed by atoms with van der Waals surface area (Å²) in [6.45, 7) is 1.14. The average Bonchev–Trinajstić information content (AvgIpc) is 3.30. The van der Waals surface area contributed by atoms with Gasteiger partial charge in [-0.05, 0) is 41.8 Å². The molecule has 0 saturated carbocycles. The fraction of sp³-hybridized carbons (Fsp3) is 0.273. The first kappa shape index (κ1) is 24.4. The maximum Gasteiger partial charge on any atom is 0.191 e. The molecule has 2 N–H and O–H groups in total. The zero-order valence-corrected chi connectivity index (χ0v) is 20.1. The Balaban J connectivity index is 0.00000341. The van der Waals surface area contributed by atoms with Gasteiger partial charge in [-0.2, -0.15) is 0 Å². The molecule has 0 radical (unpaired) electrons. The van der Waals surface area contributed by atoms with Gasteiger partial charge in [0.2, 0.25) is 0 Å². The normalized spacial score (nSPS) is 10.9. The van der Waals surface area contributed by atoms with Gasteiger partial charge in [0.25, 0.3) is 0 Å². The predicted molar refractivity (Wildman–Crippen MR) is 130 cm³/mol. The van der Waals surface area contributed by atoms with Crippen molar-refractivity contribution in [2.45, 2.75) is 13.0 Å². The highest BCUT2D eigenvalue weighted by atomic mass is 127. The third kappa shape index (κ3) is 6.58. The molecule has 0 aliphatic rings. The second-order valence-corrected chi connectivity index (χ2v) is 6.55. The van der Waals surface area contributed by atoms with Crippen molar-refractivity contribution in [3.05, 3.63) is 72.1 Å². The van der Waals surface area contributed by atoms with E-state index < -0.39 is 0 Å². The van der Waals surface area contributed by atoms with E-state index in [1.54, 1.807) is 50.6 Å². The Bertz CT molecular complexity index is 996. The SMILES string of the molecule is CN=C(NCCc1ccc(OC)c(OC)c1)NCc1ccc(-n2ccnc2)c(F)c1.I. The number of hydrogen-bond donors (Lipinski definition) is 2. The van der Waals surface area contributed by atoms with Gasteiger partial charge in [0.05, 0.1) is 26.2 Å². The molecule has 1 heterocycles. The Hall–Kier alpha value is -2.82. The fourth-order valence-electron chi connectivity index (χ4n) is 3.04. The van der Waals surface area contributed by atoms with E-state index in [0.29, 0.717) is 36.2 Å². The second kappa shape index (κ2) is 12.1. The summed E-state index contributed by atoms with van der Waals surface area (Å²) in [6, 6.07) is 11.0. The van der Waals surface area contributed by atoms with Crippen molar-refractivity contribution < 1.29 is 13.9 Å². The fourth-order valence-corrected chi connectivity index (χ4v) is 3.04. The van der Waals surface area contributed by atoms with E-state index in [4.69, 9.17) is 9.47 Å². The standard InChI is InChI=1S/C22H26FN5O2.HI/c1-24-22(26-9-8-16-5-7-20(29-2)21(13-16)30-3)27-14-17-4-6-19(18(23)12-17)28-11-10-25-15-28;/h4-7,10-13,15H,8-9,14H2,1-3H3,(H2,24,26,27);1H. The summed E-state index contributed by atoms with van der Waals surface area (Å²) < 4.78 is 26.6. The number of nitrogens with zero attached hydrogens (tertiary/aromatic N) is 3. The van der Waals surface area contributed by atoms with Crippen molar-refractivity contribution in [3.63, 3.8) is 0 Å². The molecule has 9 heteroatoms. The number of benzene rings is 2. The molecule has 31 heavy (non-hydrogen) atoms. The molecule has 166 valence electrons. The van der Waals surface area contributed by atoms with Crippen LogP contribution in [0.5, 0.6) is 11.5 Å². The monoisotopic (exact) mass is 539 g/mol. The van der Waals surface area contributed by atoms with Crippen LogP contribution in [-0.2, 0) is 13.0 Å². The zero-order chi connectivity index (χ0) is 21.3. The summed E-state index contributed by atoms with van der Waals surface area (Å²) in [5, 5.41) is 6.47. The van der Waals surface area contributed by atoms with Crippen molar-refractivity contribution >= 4 is 29.9 Å². The van der Waals surface area contributed by atoms with Crippen molar-refractivity contribution in [1.82, 2.24) is 20.2 Å². The minimum absolute atomic E-state index is 0. The molecule has 0 spiro atoms. The number of nitrogens with one attached hydrogen (secondary N) is 2. The topological polar surface area (TPSA) is 72.7 Å². The number of aromatic nitrogens is 2. The lowest BCUT2D eigenvalue weighted by Crippen LogP contribution is -2.37. The maximum absolute atomic E-state index is 14.4. The van der Waals surface area contributed by atoms with Gasteiger partial charge >= 0.3 is 0 Å². The first-order valence-electron chi connectivity index (χ1n) is 9.56. The molecule has 3 aromatic rings. The average molecular weight is 539 g/mol. The van der Waals surface area contributed by atoms with Crippen molar-refractivity contribution in [1.29, 1.82) is 0 Å². The van der Waals surface area contributed by atoms with E-state index >= 15 is 0 Å². The molecule has 0 aliphatic carbocycles. The molecule has 1 aromatic heterocycles. The Morgan fingerprint density at radius 3 is 2.48 bits per heavy atom. The van der Waals surface area contributed by atoms with Gasteiger partial charge in [-0.1, -0.05) is 12.1 Å². The highest BCUT2D eigenvalue weighted by molar-refractivity contribution is 14.0. The molecule has 0 bridgehead atoms. The lowest BCUT2D eigenvalue weighted by Gasteiger charge is -2.13. The van der Waals surface area contributed by atoms with E-state index in [1.165, 1.54) is 6.07 Å². The van der Waals surface area contributed by atoms with E-state index in [9.17, 15) is 4.39 Å².